The van der Waals surface area contributed by atoms with Crippen LogP contribution in [0.1, 0.15) is 6.42 Å². The van der Waals surface area contributed by atoms with E-state index in [1.807, 2.05) is 0 Å². The Morgan fingerprint density at radius 3 is 2.85 bits per heavy atom. The van der Waals surface area contributed by atoms with Gasteiger partial charge in [0.25, 0.3) is 0 Å². The van der Waals surface area contributed by atoms with Crippen LogP contribution >= 0.6 is 0 Å². The molecule has 3 rings (SSSR count). The molecule has 20 heavy (non-hydrogen) atoms. The standard InChI is InChI=1S/C14H15FN4O/c15-11-3-1-9(2-4-11)12-7-13(19-18-12)17-14(20)10-5-6-16-8-10/h1-4,7,10,16H,5-6,8H2,(H2,17,18,19,20). The Balaban J connectivity index is 1.70. The van der Waals surface area contributed by atoms with Crippen molar-refractivity contribution in [1.82, 2.24) is 15.5 Å². The Kier molecular flexibility index (Phi) is 3.47. The van der Waals surface area contributed by atoms with Gasteiger partial charge >= 0.3 is 0 Å². The largest absolute Gasteiger partial charge is 0.316 e. The van der Waals surface area contributed by atoms with Crippen molar-refractivity contribution in [2.45, 2.75) is 6.42 Å². The summed E-state index contributed by atoms with van der Waals surface area (Å²) in [4.78, 5) is 12.0. The third-order valence-electron chi connectivity index (χ3n) is 3.42. The maximum atomic E-state index is 12.9. The summed E-state index contributed by atoms with van der Waals surface area (Å²) in [5, 5.41) is 12.8. The predicted octanol–water partition coefficient (Wildman–Crippen LogP) is 1.76. The zero-order chi connectivity index (χ0) is 13.9. The van der Waals surface area contributed by atoms with Crippen LogP contribution in [0.25, 0.3) is 11.3 Å². The van der Waals surface area contributed by atoms with E-state index in [9.17, 15) is 9.18 Å². The van der Waals surface area contributed by atoms with Crippen molar-refractivity contribution in [3.05, 3.63) is 36.1 Å². The summed E-state index contributed by atoms with van der Waals surface area (Å²) in [6.45, 7) is 1.58. The van der Waals surface area contributed by atoms with E-state index >= 15 is 0 Å². The second kappa shape index (κ2) is 5.42. The highest BCUT2D eigenvalue weighted by Gasteiger charge is 2.22. The number of amides is 1. The summed E-state index contributed by atoms with van der Waals surface area (Å²) >= 11 is 0. The normalized spacial score (nSPS) is 18.1. The van der Waals surface area contributed by atoms with Crippen LogP contribution in [0.15, 0.2) is 30.3 Å². The fraction of sp³-hybridized carbons (Fsp3) is 0.286. The van der Waals surface area contributed by atoms with Gasteiger partial charge < -0.3 is 10.6 Å². The Morgan fingerprint density at radius 1 is 1.35 bits per heavy atom. The molecule has 1 fully saturated rings. The molecule has 1 aliphatic heterocycles. The molecular weight excluding hydrogens is 259 g/mol. The van der Waals surface area contributed by atoms with Crippen LogP contribution < -0.4 is 10.6 Å². The minimum Gasteiger partial charge on any atom is -0.316 e. The zero-order valence-corrected chi connectivity index (χ0v) is 10.8. The molecule has 1 unspecified atom stereocenters. The van der Waals surface area contributed by atoms with Crippen LogP contribution in [0.3, 0.4) is 0 Å². The summed E-state index contributed by atoms with van der Waals surface area (Å²) in [5.41, 5.74) is 1.56. The molecule has 6 heteroatoms. The number of hydrogen-bond donors (Lipinski definition) is 3. The summed E-state index contributed by atoms with van der Waals surface area (Å²) < 4.78 is 12.9. The first-order valence-corrected chi connectivity index (χ1v) is 6.55. The molecule has 0 bridgehead atoms. The third-order valence-corrected chi connectivity index (χ3v) is 3.42. The monoisotopic (exact) mass is 274 g/mol. The maximum Gasteiger partial charge on any atom is 0.230 e. The summed E-state index contributed by atoms with van der Waals surface area (Å²) in [6.07, 6.45) is 0.848. The lowest BCUT2D eigenvalue weighted by atomic mass is 10.1. The van der Waals surface area contributed by atoms with E-state index in [4.69, 9.17) is 0 Å². The van der Waals surface area contributed by atoms with E-state index in [0.29, 0.717) is 12.4 Å². The summed E-state index contributed by atoms with van der Waals surface area (Å²) in [7, 11) is 0. The Hall–Kier alpha value is -2.21. The number of aromatic amines is 1. The molecule has 2 aromatic rings. The average molecular weight is 274 g/mol. The molecule has 104 valence electrons. The molecule has 1 saturated heterocycles. The molecule has 2 heterocycles. The van der Waals surface area contributed by atoms with E-state index < -0.39 is 0 Å². The van der Waals surface area contributed by atoms with Gasteiger partial charge in [0.2, 0.25) is 5.91 Å². The first-order chi connectivity index (χ1) is 9.72. The van der Waals surface area contributed by atoms with Crippen molar-refractivity contribution >= 4 is 11.7 Å². The predicted molar refractivity (Wildman–Crippen MR) is 73.6 cm³/mol. The second-order valence-electron chi connectivity index (χ2n) is 4.85. The van der Waals surface area contributed by atoms with Crippen molar-refractivity contribution in [1.29, 1.82) is 0 Å². The lowest BCUT2D eigenvalue weighted by molar-refractivity contribution is -0.119. The highest BCUT2D eigenvalue weighted by atomic mass is 19.1. The van der Waals surface area contributed by atoms with E-state index in [0.717, 1.165) is 24.2 Å². The van der Waals surface area contributed by atoms with Crippen molar-refractivity contribution < 1.29 is 9.18 Å². The molecule has 0 radical (unpaired) electrons. The number of carbonyl (C=O) groups excluding carboxylic acids is 1. The van der Waals surface area contributed by atoms with Gasteiger partial charge in [-0.2, -0.15) is 5.10 Å². The van der Waals surface area contributed by atoms with Gasteiger partial charge in [-0.3, -0.25) is 9.89 Å². The van der Waals surface area contributed by atoms with Gasteiger partial charge in [0.05, 0.1) is 11.6 Å². The highest BCUT2D eigenvalue weighted by Crippen LogP contribution is 2.20. The molecule has 3 N–H and O–H groups in total. The Bertz CT molecular complexity index is 602. The van der Waals surface area contributed by atoms with Gasteiger partial charge in [0, 0.05) is 12.6 Å². The number of benzene rings is 1. The summed E-state index contributed by atoms with van der Waals surface area (Å²) in [5.74, 6) is 0.185. The van der Waals surface area contributed by atoms with Crippen molar-refractivity contribution in [3.63, 3.8) is 0 Å². The molecular formula is C14H15FN4O. The van der Waals surface area contributed by atoms with Gasteiger partial charge in [-0.1, -0.05) is 0 Å². The lowest BCUT2D eigenvalue weighted by Gasteiger charge is -2.06. The van der Waals surface area contributed by atoms with E-state index in [1.54, 1.807) is 18.2 Å². The first-order valence-electron chi connectivity index (χ1n) is 6.55. The Labute approximate surface area is 115 Å². The number of nitrogens with one attached hydrogen (secondary N) is 3. The zero-order valence-electron chi connectivity index (χ0n) is 10.8. The fourth-order valence-electron chi connectivity index (χ4n) is 2.27. The van der Waals surface area contributed by atoms with Gasteiger partial charge in [0.1, 0.15) is 5.82 Å². The maximum absolute atomic E-state index is 12.9. The third kappa shape index (κ3) is 2.70. The molecule has 0 spiro atoms. The SMILES string of the molecule is O=C(Nc1cc(-c2ccc(F)cc2)[nH]n1)C1CCNC1. The van der Waals surface area contributed by atoms with Crippen LogP contribution in [0.4, 0.5) is 10.2 Å². The van der Waals surface area contributed by atoms with Gasteiger partial charge in [-0.25, -0.2) is 4.39 Å². The number of nitrogens with zero attached hydrogens (tertiary/aromatic N) is 1. The number of aromatic nitrogens is 2. The molecule has 1 aliphatic rings. The molecule has 0 aliphatic carbocycles. The van der Waals surface area contributed by atoms with E-state index in [-0.39, 0.29) is 17.6 Å². The fourth-order valence-corrected chi connectivity index (χ4v) is 2.27. The number of halogens is 1. The van der Waals surface area contributed by atoms with Crippen LogP contribution in [-0.2, 0) is 4.79 Å². The molecule has 0 saturated carbocycles. The highest BCUT2D eigenvalue weighted by molar-refractivity contribution is 5.92. The number of H-pyrrole nitrogens is 1. The average Bonchev–Trinajstić information content (AvgIpc) is 3.10. The van der Waals surface area contributed by atoms with Crippen LogP contribution in [0, 0.1) is 11.7 Å². The van der Waals surface area contributed by atoms with Crippen molar-refractivity contribution in [3.8, 4) is 11.3 Å². The second-order valence-corrected chi connectivity index (χ2v) is 4.85. The minimum atomic E-state index is -0.282. The first kappa shape index (κ1) is 12.8. The van der Waals surface area contributed by atoms with E-state index in [2.05, 4.69) is 20.8 Å². The van der Waals surface area contributed by atoms with Crippen LogP contribution in [-0.4, -0.2) is 29.2 Å². The minimum absolute atomic E-state index is 0.000899. The molecule has 1 atom stereocenters. The van der Waals surface area contributed by atoms with Crippen LogP contribution in [0.2, 0.25) is 0 Å². The smallest absolute Gasteiger partial charge is 0.230 e. The molecule has 5 nitrogen and oxygen atoms in total. The van der Waals surface area contributed by atoms with Gasteiger partial charge in [-0.15, -0.1) is 0 Å². The number of hydrogen-bond acceptors (Lipinski definition) is 3. The number of anilines is 1. The van der Waals surface area contributed by atoms with Gasteiger partial charge in [-0.05, 0) is 42.8 Å². The Morgan fingerprint density at radius 2 is 2.15 bits per heavy atom. The quantitative estimate of drug-likeness (QED) is 0.799. The summed E-state index contributed by atoms with van der Waals surface area (Å²) in [6, 6.07) is 7.84. The van der Waals surface area contributed by atoms with Crippen LogP contribution in [0.5, 0.6) is 0 Å². The number of rotatable bonds is 3. The molecule has 1 amide bonds. The lowest BCUT2D eigenvalue weighted by Crippen LogP contribution is -2.24. The topological polar surface area (TPSA) is 69.8 Å². The van der Waals surface area contributed by atoms with Crippen molar-refractivity contribution in [2.24, 2.45) is 5.92 Å². The van der Waals surface area contributed by atoms with E-state index in [1.165, 1.54) is 12.1 Å². The van der Waals surface area contributed by atoms with Gasteiger partial charge in [0.15, 0.2) is 5.82 Å². The van der Waals surface area contributed by atoms with Crippen molar-refractivity contribution in [2.75, 3.05) is 18.4 Å². The molecule has 1 aromatic carbocycles. The number of carbonyl (C=O) groups is 1. The molecule has 1 aromatic heterocycles.